The Hall–Kier alpha value is -3.91. The largest absolute Gasteiger partial charge is 0.422 e. The maximum Gasteiger partial charge on any atom is 0.343 e. The number of amides is 2. The summed E-state index contributed by atoms with van der Waals surface area (Å²) in [5.74, 6) is -1.38. The van der Waals surface area contributed by atoms with Gasteiger partial charge in [0.2, 0.25) is 0 Å². The first-order valence-corrected chi connectivity index (χ1v) is 12.0. The van der Waals surface area contributed by atoms with Crippen LogP contribution in [0.15, 0.2) is 84.0 Å². The first kappa shape index (κ1) is 26.2. The molecule has 37 heavy (non-hydrogen) atoms. The molecule has 4 aromatic rings. The molecule has 186 valence electrons. The van der Waals surface area contributed by atoms with Gasteiger partial charge in [0.05, 0.1) is 28.4 Å². The lowest BCUT2D eigenvalue weighted by Crippen LogP contribution is -2.34. The quantitative estimate of drug-likeness (QED) is 0.129. The van der Waals surface area contributed by atoms with E-state index < -0.39 is 17.8 Å². The third kappa shape index (κ3) is 6.65. The third-order valence-corrected chi connectivity index (χ3v) is 6.18. The number of hydrogen-bond donors (Lipinski definition) is 2. The molecule has 0 heterocycles. The summed E-state index contributed by atoms with van der Waals surface area (Å²) in [5, 5.41) is 9.16. The molecule has 0 aliphatic rings. The molecule has 0 spiro atoms. The Morgan fingerprint density at radius 2 is 1.57 bits per heavy atom. The Labute approximate surface area is 227 Å². The maximum atomic E-state index is 12.7. The van der Waals surface area contributed by atoms with Gasteiger partial charge in [0.25, 0.3) is 11.8 Å². The Balaban J connectivity index is 1.46. The Morgan fingerprint density at radius 1 is 0.838 bits per heavy atom. The van der Waals surface area contributed by atoms with Crippen molar-refractivity contribution in [1.29, 1.82) is 0 Å². The zero-order valence-corrected chi connectivity index (χ0v) is 21.3. The van der Waals surface area contributed by atoms with Crippen molar-refractivity contribution in [1.82, 2.24) is 10.7 Å². The van der Waals surface area contributed by atoms with Crippen LogP contribution in [0.2, 0.25) is 15.1 Å². The van der Waals surface area contributed by atoms with Crippen LogP contribution in [0.1, 0.15) is 26.3 Å². The summed E-state index contributed by atoms with van der Waals surface area (Å²) in [5.41, 5.74) is 3.43. The number of carbonyl (C=O) groups excluding carboxylic acids is 3. The molecule has 4 aromatic carbocycles. The summed E-state index contributed by atoms with van der Waals surface area (Å²) in [6, 6.07) is 21.6. The minimum absolute atomic E-state index is 0.228. The highest BCUT2D eigenvalue weighted by atomic mass is 35.5. The maximum absolute atomic E-state index is 12.7. The predicted molar refractivity (Wildman–Crippen MR) is 145 cm³/mol. The van der Waals surface area contributed by atoms with Crippen molar-refractivity contribution in [2.45, 2.75) is 0 Å². The topological polar surface area (TPSA) is 96.9 Å². The number of hydrogen-bond acceptors (Lipinski definition) is 5. The number of carbonyl (C=O) groups is 3. The molecule has 0 aromatic heterocycles. The zero-order valence-electron chi connectivity index (χ0n) is 19.0. The molecule has 0 aliphatic heterocycles. The van der Waals surface area contributed by atoms with E-state index >= 15 is 0 Å². The summed E-state index contributed by atoms with van der Waals surface area (Å²) in [6.45, 7) is -0.329. The monoisotopic (exact) mass is 553 g/mol. The van der Waals surface area contributed by atoms with Crippen LogP contribution in [0, 0.1) is 0 Å². The highest BCUT2D eigenvalue weighted by Gasteiger charge is 2.14. The van der Waals surface area contributed by atoms with Gasteiger partial charge in [-0.05, 0) is 59.3 Å². The van der Waals surface area contributed by atoms with Crippen LogP contribution in [0.4, 0.5) is 0 Å². The number of benzene rings is 4. The second kappa shape index (κ2) is 11.9. The summed E-state index contributed by atoms with van der Waals surface area (Å²) >= 11 is 17.7. The van der Waals surface area contributed by atoms with Crippen LogP contribution >= 0.6 is 34.8 Å². The second-order valence-electron chi connectivity index (χ2n) is 7.70. The predicted octanol–water partition coefficient (Wildman–Crippen LogP) is 5.90. The van der Waals surface area contributed by atoms with Crippen molar-refractivity contribution in [2.75, 3.05) is 6.54 Å². The van der Waals surface area contributed by atoms with Gasteiger partial charge in [-0.25, -0.2) is 10.2 Å². The minimum atomic E-state index is -0.573. The van der Waals surface area contributed by atoms with E-state index in [0.29, 0.717) is 21.2 Å². The average Bonchev–Trinajstić information content (AvgIpc) is 2.90. The van der Waals surface area contributed by atoms with Crippen LogP contribution in [0.25, 0.3) is 10.8 Å². The second-order valence-corrected chi connectivity index (χ2v) is 8.95. The van der Waals surface area contributed by atoms with Gasteiger partial charge in [0.1, 0.15) is 5.75 Å². The molecule has 0 atom stereocenters. The van der Waals surface area contributed by atoms with Crippen molar-refractivity contribution in [3.63, 3.8) is 0 Å². The lowest BCUT2D eigenvalue weighted by Gasteiger charge is -2.11. The van der Waals surface area contributed by atoms with E-state index in [-0.39, 0.29) is 22.9 Å². The van der Waals surface area contributed by atoms with Gasteiger partial charge in [0.15, 0.2) is 0 Å². The molecule has 0 unspecified atom stereocenters. The van der Waals surface area contributed by atoms with Crippen molar-refractivity contribution in [3.05, 3.63) is 111 Å². The van der Waals surface area contributed by atoms with Crippen molar-refractivity contribution in [2.24, 2.45) is 5.10 Å². The van der Waals surface area contributed by atoms with Crippen LogP contribution in [0.3, 0.4) is 0 Å². The molecular weight excluding hydrogens is 537 g/mol. The van der Waals surface area contributed by atoms with Gasteiger partial charge in [0, 0.05) is 16.1 Å². The van der Waals surface area contributed by atoms with Gasteiger partial charge < -0.3 is 10.1 Å². The first-order chi connectivity index (χ1) is 17.8. The number of ether oxygens (including phenoxy) is 1. The SMILES string of the molecule is O=C(CNC(=O)c1ccc(Cl)c(Cl)c1)N/N=C/c1c(OC(=O)c2ccc(Cl)cc2)ccc2ccccc12. The Morgan fingerprint density at radius 3 is 2.32 bits per heavy atom. The number of nitrogens with one attached hydrogen (secondary N) is 2. The molecule has 2 N–H and O–H groups in total. The molecule has 4 rings (SSSR count). The van der Waals surface area contributed by atoms with Gasteiger partial charge in [-0.3, -0.25) is 9.59 Å². The van der Waals surface area contributed by atoms with Gasteiger partial charge in [-0.15, -0.1) is 0 Å². The fourth-order valence-electron chi connectivity index (χ4n) is 3.35. The van der Waals surface area contributed by atoms with E-state index in [1.54, 1.807) is 30.3 Å². The summed E-state index contributed by atoms with van der Waals surface area (Å²) in [7, 11) is 0. The van der Waals surface area contributed by atoms with Gasteiger partial charge >= 0.3 is 5.97 Å². The number of rotatable bonds is 7. The van der Waals surface area contributed by atoms with Crippen molar-refractivity contribution in [3.8, 4) is 5.75 Å². The summed E-state index contributed by atoms with van der Waals surface area (Å²) in [6.07, 6.45) is 1.38. The van der Waals surface area contributed by atoms with E-state index in [4.69, 9.17) is 39.5 Å². The first-order valence-electron chi connectivity index (χ1n) is 10.9. The molecular formula is C27H18Cl3N3O4. The Bertz CT molecular complexity index is 1520. The van der Waals surface area contributed by atoms with E-state index in [9.17, 15) is 14.4 Å². The molecule has 2 amide bonds. The fourth-order valence-corrected chi connectivity index (χ4v) is 3.77. The molecule has 0 radical (unpaired) electrons. The van der Waals surface area contributed by atoms with E-state index in [2.05, 4.69) is 15.8 Å². The van der Waals surface area contributed by atoms with E-state index in [1.165, 1.54) is 24.4 Å². The lowest BCUT2D eigenvalue weighted by atomic mass is 10.0. The van der Waals surface area contributed by atoms with Crippen LogP contribution in [-0.4, -0.2) is 30.5 Å². The number of hydrazone groups is 1. The molecule has 0 bridgehead atoms. The molecule has 7 nitrogen and oxygen atoms in total. The van der Waals surface area contributed by atoms with Crippen LogP contribution in [0.5, 0.6) is 5.75 Å². The third-order valence-electron chi connectivity index (χ3n) is 5.19. The smallest absolute Gasteiger partial charge is 0.343 e. The standard InChI is InChI=1S/C27H18Cl3N3O4/c28-19-9-5-17(6-10-19)27(36)37-24-12-8-16-3-1-2-4-20(16)21(24)14-32-33-25(34)15-31-26(35)18-7-11-22(29)23(30)13-18/h1-14H,15H2,(H,31,35)(H,33,34)/b32-14+. The van der Waals surface area contributed by atoms with Crippen LogP contribution < -0.4 is 15.5 Å². The number of fused-ring (bicyclic) bond motifs is 1. The molecule has 0 saturated heterocycles. The normalized spacial score (nSPS) is 10.9. The molecule has 0 saturated carbocycles. The number of esters is 1. The highest BCUT2D eigenvalue weighted by Crippen LogP contribution is 2.27. The fraction of sp³-hybridized carbons (Fsp3) is 0.0370. The lowest BCUT2D eigenvalue weighted by molar-refractivity contribution is -0.120. The van der Waals surface area contributed by atoms with E-state index in [1.807, 2.05) is 30.3 Å². The van der Waals surface area contributed by atoms with Gasteiger partial charge in [-0.2, -0.15) is 5.10 Å². The molecule has 0 aliphatic carbocycles. The molecule has 10 heteroatoms. The highest BCUT2D eigenvalue weighted by molar-refractivity contribution is 6.42. The van der Waals surface area contributed by atoms with Crippen molar-refractivity contribution >= 4 is 69.6 Å². The average molecular weight is 555 g/mol. The Kier molecular flexibility index (Phi) is 8.40. The summed E-state index contributed by atoms with van der Waals surface area (Å²) < 4.78 is 5.62. The summed E-state index contributed by atoms with van der Waals surface area (Å²) in [4.78, 5) is 37.2. The van der Waals surface area contributed by atoms with E-state index in [0.717, 1.165) is 10.8 Å². The van der Waals surface area contributed by atoms with Crippen LogP contribution in [-0.2, 0) is 4.79 Å². The number of halogens is 3. The minimum Gasteiger partial charge on any atom is -0.422 e. The van der Waals surface area contributed by atoms with Gasteiger partial charge in [-0.1, -0.05) is 65.1 Å². The van der Waals surface area contributed by atoms with Crippen molar-refractivity contribution < 1.29 is 19.1 Å². The number of nitrogens with zero attached hydrogens (tertiary/aromatic N) is 1. The molecule has 0 fully saturated rings. The zero-order chi connectivity index (χ0) is 26.4.